The van der Waals surface area contributed by atoms with Crippen LogP contribution < -0.4 is 9.47 Å². The van der Waals surface area contributed by atoms with Crippen molar-refractivity contribution in [2.45, 2.75) is 0 Å². The molecule has 0 spiro atoms. The van der Waals surface area contributed by atoms with Gasteiger partial charge in [0, 0.05) is 11.6 Å². The van der Waals surface area contributed by atoms with Crippen LogP contribution in [-0.4, -0.2) is 29.4 Å². The van der Waals surface area contributed by atoms with Crippen LogP contribution in [0, 0.1) is 5.82 Å². The minimum absolute atomic E-state index is 0.0527. The van der Waals surface area contributed by atoms with Crippen molar-refractivity contribution < 1.29 is 28.3 Å². The second-order valence-electron chi connectivity index (χ2n) is 3.86. The molecule has 0 saturated heterocycles. The maximum atomic E-state index is 13.8. The van der Waals surface area contributed by atoms with Crippen LogP contribution >= 0.6 is 0 Å². The number of aromatic nitrogens is 1. The van der Waals surface area contributed by atoms with E-state index in [1.54, 1.807) is 0 Å². The number of benzene rings is 1. The van der Waals surface area contributed by atoms with Crippen molar-refractivity contribution in [3.8, 4) is 22.8 Å². The third-order valence-corrected chi connectivity index (χ3v) is 2.61. The van der Waals surface area contributed by atoms with Crippen molar-refractivity contribution in [1.82, 2.24) is 5.16 Å². The van der Waals surface area contributed by atoms with Crippen molar-refractivity contribution in [2.75, 3.05) is 13.2 Å². The minimum Gasteiger partial charge on any atom is -0.486 e. The fourth-order valence-electron chi connectivity index (χ4n) is 1.77. The Balaban J connectivity index is 2.05. The lowest BCUT2D eigenvalue weighted by Crippen LogP contribution is -2.16. The zero-order valence-corrected chi connectivity index (χ0v) is 9.55. The minimum atomic E-state index is -1.24. The van der Waals surface area contributed by atoms with Gasteiger partial charge in [0.05, 0.1) is 0 Å². The molecule has 2 aromatic rings. The number of halogens is 1. The highest BCUT2D eigenvalue weighted by Crippen LogP contribution is 2.37. The van der Waals surface area contributed by atoms with Gasteiger partial charge in [0.2, 0.25) is 5.76 Å². The number of nitrogens with zero attached hydrogens (tertiary/aromatic N) is 1. The third kappa shape index (κ3) is 1.99. The Morgan fingerprint density at radius 3 is 2.79 bits per heavy atom. The average Bonchev–Trinajstić information content (AvgIpc) is 2.88. The van der Waals surface area contributed by atoms with Crippen molar-refractivity contribution >= 4 is 5.97 Å². The van der Waals surface area contributed by atoms with Crippen LogP contribution in [0.25, 0.3) is 11.3 Å². The lowest BCUT2D eigenvalue weighted by Gasteiger charge is -2.19. The number of ether oxygens (including phenoxy) is 2. The Bertz CT molecular complexity index is 652. The number of carboxylic acid groups (broad SMARTS) is 1. The monoisotopic (exact) mass is 265 g/mol. The predicted octanol–water partition coefficient (Wildman–Crippen LogP) is 1.95. The molecule has 0 fully saturated rings. The van der Waals surface area contributed by atoms with Crippen molar-refractivity contribution in [3.63, 3.8) is 0 Å². The Morgan fingerprint density at radius 1 is 1.26 bits per heavy atom. The summed E-state index contributed by atoms with van der Waals surface area (Å²) in [6.07, 6.45) is 0. The first-order valence-electron chi connectivity index (χ1n) is 5.44. The maximum absolute atomic E-state index is 13.8. The van der Waals surface area contributed by atoms with Gasteiger partial charge in [-0.25, -0.2) is 9.18 Å². The zero-order chi connectivity index (χ0) is 13.4. The lowest BCUT2D eigenvalue weighted by molar-refractivity contribution is 0.0652. The predicted molar refractivity (Wildman–Crippen MR) is 59.8 cm³/mol. The summed E-state index contributed by atoms with van der Waals surface area (Å²) in [7, 11) is 0. The molecule has 2 heterocycles. The van der Waals surface area contributed by atoms with Crippen LogP contribution in [0.3, 0.4) is 0 Å². The van der Waals surface area contributed by atoms with E-state index in [4.69, 9.17) is 14.6 Å². The van der Waals surface area contributed by atoms with Crippen LogP contribution in [0.1, 0.15) is 10.6 Å². The molecule has 1 aliphatic heterocycles. The third-order valence-electron chi connectivity index (χ3n) is 2.61. The smallest absolute Gasteiger partial charge is 0.374 e. The molecule has 0 saturated carbocycles. The normalized spacial score (nSPS) is 13.3. The Morgan fingerprint density at radius 2 is 2.05 bits per heavy atom. The summed E-state index contributed by atoms with van der Waals surface area (Å²) in [6, 6.07) is 3.94. The number of fused-ring (bicyclic) bond motifs is 1. The molecule has 19 heavy (non-hydrogen) atoms. The van der Waals surface area contributed by atoms with Crippen LogP contribution in [-0.2, 0) is 0 Å². The number of hydrogen-bond donors (Lipinski definition) is 1. The molecular formula is C12H8FNO5. The summed E-state index contributed by atoms with van der Waals surface area (Å²) in [5.41, 5.74) is 0.575. The van der Waals surface area contributed by atoms with Crippen molar-refractivity contribution in [3.05, 3.63) is 29.8 Å². The lowest BCUT2D eigenvalue weighted by atomic mass is 10.1. The second-order valence-corrected chi connectivity index (χ2v) is 3.86. The standard InChI is InChI=1S/C12H8FNO5/c13-7-3-6(4-9-11(7)18-2-1-17-9)8-5-10(12(15)16)19-14-8/h3-5H,1-2H2,(H,15,16). The fourth-order valence-corrected chi connectivity index (χ4v) is 1.77. The molecule has 1 aliphatic rings. The van der Waals surface area contributed by atoms with Crippen LogP contribution in [0.2, 0.25) is 0 Å². The first-order valence-corrected chi connectivity index (χ1v) is 5.44. The van der Waals surface area contributed by atoms with E-state index in [0.29, 0.717) is 12.2 Å². The number of carboxylic acids is 1. The van der Waals surface area contributed by atoms with Crippen molar-refractivity contribution in [2.24, 2.45) is 0 Å². The van der Waals surface area contributed by atoms with Crippen LogP contribution in [0.5, 0.6) is 11.5 Å². The van der Waals surface area contributed by atoms with E-state index < -0.39 is 11.8 Å². The maximum Gasteiger partial charge on any atom is 0.374 e. The van der Waals surface area contributed by atoms with Gasteiger partial charge in [-0.15, -0.1) is 0 Å². The van der Waals surface area contributed by atoms with E-state index in [0.717, 1.165) is 0 Å². The number of aromatic carboxylic acids is 1. The zero-order valence-electron chi connectivity index (χ0n) is 9.55. The first kappa shape index (κ1) is 11.5. The quantitative estimate of drug-likeness (QED) is 0.893. The van der Waals surface area contributed by atoms with Gasteiger partial charge in [0.25, 0.3) is 0 Å². The number of rotatable bonds is 2. The van der Waals surface area contributed by atoms with Crippen molar-refractivity contribution in [1.29, 1.82) is 0 Å². The van der Waals surface area contributed by atoms with E-state index in [2.05, 4.69) is 9.68 Å². The molecule has 0 bridgehead atoms. The summed E-state index contributed by atoms with van der Waals surface area (Å²) in [5, 5.41) is 12.3. The van der Waals surface area contributed by atoms with Crippen LogP contribution in [0.4, 0.5) is 4.39 Å². The molecule has 0 unspecified atom stereocenters. The van der Waals surface area contributed by atoms with Gasteiger partial charge in [0.1, 0.15) is 18.9 Å². The van der Waals surface area contributed by atoms with Gasteiger partial charge < -0.3 is 19.1 Å². The average molecular weight is 265 g/mol. The Hall–Kier alpha value is -2.57. The van der Waals surface area contributed by atoms with Gasteiger partial charge in [0.15, 0.2) is 17.3 Å². The summed E-state index contributed by atoms with van der Waals surface area (Å²) in [5.74, 6) is -1.83. The first-order chi connectivity index (χ1) is 9.15. The van der Waals surface area contributed by atoms with Gasteiger partial charge in [-0.05, 0) is 12.1 Å². The molecule has 0 amide bonds. The van der Waals surface area contributed by atoms with E-state index in [-0.39, 0.29) is 29.6 Å². The second kappa shape index (κ2) is 4.27. The summed E-state index contributed by atoms with van der Waals surface area (Å²) in [6.45, 7) is 0.617. The van der Waals surface area contributed by atoms with Gasteiger partial charge in [-0.2, -0.15) is 0 Å². The highest BCUT2D eigenvalue weighted by atomic mass is 19.1. The largest absolute Gasteiger partial charge is 0.486 e. The molecule has 0 radical (unpaired) electrons. The van der Waals surface area contributed by atoms with Gasteiger partial charge in [-0.3, -0.25) is 0 Å². The fraction of sp³-hybridized carbons (Fsp3) is 0.167. The topological polar surface area (TPSA) is 81.8 Å². The highest BCUT2D eigenvalue weighted by molar-refractivity contribution is 5.85. The molecule has 1 aromatic heterocycles. The number of hydrogen-bond acceptors (Lipinski definition) is 5. The molecule has 1 N–H and O–H groups in total. The molecule has 6 nitrogen and oxygen atoms in total. The van der Waals surface area contributed by atoms with E-state index in [1.807, 2.05) is 0 Å². The molecule has 98 valence electrons. The number of carbonyl (C=O) groups is 1. The molecule has 0 aliphatic carbocycles. The van der Waals surface area contributed by atoms with E-state index in [9.17, 15) is 9.18 Å². The molecule has 3 rings (SSSR count). The Kier molecular flexibility index (Phi) is 2.59. The molecular weight excluding hydrogens is 257 g/mol. The van der Waals surface area contributed by atoms with Gasteiger partial charge in [-0.1, -0.05) is 5.16 Å². The van der Waals surface area contributed by atoms with Crippen LogP contribution in [0.15, 0.2) is 22.7 Å². The van der Waals surface area contributed by atoms with E-state index >= 15 is 0 Å². The Labute approximate surface area is 106 Å². The summed E-state index contributed by atoms with van der Waals surface area (Å²) < 4.78 is 28.9. The molecule has 0 atom stereocenters. The van der Waals surface area contributed by atoms with Gasteiger partial charge >= 0.3 is 5.97 Å². The summed E-state index contributed by atoms with van der Waals surface area (Å²) >= 11 is 0. The SMILES string of the molecule is O=C(O)c1cc(-c2cc(F)c3c(c2)OCCO3)no1. The molecule has 7 heteroatoms. The van der Waals surface area contributed by atoms with E-state index in [1.165, 1.54) is 18.2 Å². The highest BCUT2D eigenvalue weighted by Gasteiger charge is 2.20. The molecule has 1 aromatic carbocycles. The summed E-state index contributed by atoms with van der Waals surface area (Å²) in [4.78, 5) is 10.7.